The predicted molar refractivity (Wildman–Crippen MR) is 67.3 cm³/mol. The Kier molecular flexibility index (Phi) is 4.55. The number of benzene rings is 1. The van der Waals surface area contributed by atoms with E-state index in [1.807, 2.05) is 12.1 Å². The second-order valence-electron chi connectivity index (χ2n) is 5.17. The quantitative estimate of drug-likeness (QED) is 0.847. The van der Waals surface area contributed by atoms with Gasteiger partial charge in [0, 0.05) is 6.61 Å². The second-order valence-corrected chi connectivity index (χ2v) is 5.17. The maximum Gasteiger partial charge on any atom is 0.123 e. The van der Waals surface area contributed by atoms with Gasteiger partial charge in [-0.05, 0) is 36.0 Å². The Bertz CT molecular complexity index is 327. The second kappa shape index (κ2) is 6.15. The number of hydrogen-bond donors (Lipinski definition) is 1. The summed E-state index contributed by atoms with van der Waals surface area (Å²) in [7, 11) is 0. The highest BCUT2D eigenvalue weighted by Crippen LogP contribution is 2.31. The summed E-state index contributed by atoms with van der Waals surface area (Å²) in [5, 5.41) is 9.52. The number of rotatable bonds is 4. The monoisotopic (exact) mass is 236 g/mol. The first-order valence-electron chi connectivity index (χ1n) is 6.65. The molecule has 0 aromatic heterocycles. The lowest BCUT2D eigenvalue weighted by molar-refractivity contribution is 0.147. The zero-order chi connectivity index (χ0) is 12.1. The largest absolute Gasteiger partial charge is 0.396 e. The third-order valence-electron chi connectivity index (χ3n) is 3.96. The van der Waals surface area contributed by atoms with Crippen molar-refractivity contribution in [2.24, 2.45) is 11.8 Å². The molecular weight excluding hydrogens is 215 g/mol. The van der Waals surface area contributed by atoms with Gasteiger partial charge in [-0.1, -0.05) is 44.2 Å². The van der Waals surface area contributed by atoms with E-state index in [4.69, 9.17) is 0 Å². The van der Waals surface area contributed by atoms with E-state index in [0.717, 1.165) is 12.0 Å². The molecule has 0 saturated heterocycles. The first-order chi connectivity index (χ1) is 8.29. The summed E-state index contributed by atoms with van der Waals surface area (Å²) >= 11 is 0. The van der Waals surface area contributed by atoms with Crippen LogP contribution in [0.1, 0.15) is 37.7 Å². The lowest BCUT2D eigenvalue weighted by Crippen LogP contribution is -2.23. The Morgan fingerprint density at radius 1 is 1.12 bits per heavy atom. The molecule has 0 radical (unpaired) electrons. The van der Waals surface area contributed by atoms with Crippen LogP contribution in [0.4, 0.5) is 4.39 Å². The molecule has 0 spiro atoms. The summed E-state index contributed by atoms with van der Waals surface area (Å²) in [6.07, 6.45) is 7.29. The van der Waals surface area contributed by atoms with Crippen molar-refractivity contribution in [3.05, 3.63) is 35.6 Å². The fourth-order valence-corrected chi connectivity index (χ4v) is 2.91. The molecule has 1 aliphatic carbocycles. The van der Waals surface area contributed by atoms with Crippen LogP contribution in [-0.4, -0.2) is 11.7 Å². The Morgan fingerprint density at radius 2 is 1.76 bits per heavy atom. The molecule has 0 bridgehead atoms. The van der Waals surface area contributed by atoms with Crippen molar-refractivity contribution in [3.8, 4) is 0 Å². The summed E-state index contributed by atoms with van der Waals surface area (Å²) in [6, 6.07) is 6.68. The fourth-order valence-electron chi connectivity index (χ4n) is 2.91. The van der Waals surface area contributed by atoms with Crippen LogP contribution in [0.5, 0.6) is 0 Å². The van der Waals surface area contributed by atoms with Crippen LogP contribution in [0.25, 0.3) is 0 Å². The maximum atomic E-state index is 12.8. The lowest BCUT2D eigenvalue weighted by atomic mass is 9.78. The Labute approximate surface area is 103 Å². The van der Waals surface area contributed by atoms with Crippen molar-refractivity contribution in [2.45, 2.75) is 38.5 Å². The fraction of sp³-hybridized carbons (Fsp3) is 0.600. The number of aliphatic hydroxyl groups excluding tert-OH is 1. The third kappa shape index (κ3) is 3.53. The molecule has 1 aromatic carbocycles. The van der Waals surface area contributed by atoms with E-state index in [9.17, 15) is 9.50 Å². The Hall–Kier alpha value is -0.890. The molecule has 1 fully saturated rings. The minimum atomic E-state index is -0.188. The van der Waals surface area contributed by atoms with Crippen molar-refractivity contribution in [1.82, 2.24) is 0 Å². The number of aliphatic hydroxyl groups is 1. The van der Waals surface area contributed by atoms with E-state index in [0.29, 0.717) is 11.8 Å². The molecule has 1 unspecified atom stereocenters. The zero-order valence-electron chi connectivity index (χ0n) is 10.2. The Balaban J connectivity index is 1.96. The first kappa shape index (κ1) is 12.6. The highest BCUT2D eigenvalue weighted by Gasteiger charge is 2.23. The van der Waals surface area contributed by atoms with Gasteiger partial charge in [0.15, 0.2) is 0 Å². The molecule has 94 valence electrons. The summed E-state index contributed by atoms with van der Waals surface area (Å²) in [6.45, 7) is 0.252. The lowest BCUT2D eigenvalue weighted by Gasteiger charge is -2.29. The van der Waals surface area contributed by atoms with Gasteiger partial charge in [-0.25, -0.2) is 4.39 Å². The van der Waals surface area contributed by atoms with E-state index >= 15 is 0 Å². The van der Waals surface area contributed by atoms with Crippen LogP contribution < -0.4 is 0 Å². The van der Waals surface area contributed by atoms with Gasteiger partial charge in [0.1, 0.15) is 5.82 Å². The van der Waals surface area contributed by atoms with Crippen molar-refractivity contribution >= 4 is 0 Å². The molecule has 1 nitrogen and oxygen atoms in total. The molecule has 1 saturated carbocycles. The van der Waals surface area contributed by atoms with E-state index < -0.39 is 0 Å². The van der Waals surface area contributed by atoms with Crippen molar-refractivity contribution in [1.29, 1.82) is 0 Å². The molecule has 0 amide bonds. The molecule has 1 aliphatic rings. The smallest absolute Gasteiger partial charge is 0.123 e. The summed E-state index contributed by atoms with van der Waals surface area (Å²) in [5.74, 6) is 0.812. The molecule has 1 aromatic rings. The van der Waals surface area contributed by atoms with Crippen molar-refractivity contribution < 1.29 is 9.50 Å². The summed E-state index contributed by atoms with van der Waals surface area (Å²) in [5.41, 5.74) is 1.14. The average molecular weight is 236 g/mol. The zero-order valence-corrected chi connectivity index (χ0v) is 10.2. The molecule has 2 heteroatoms. The average Bonchev–Trinajstić information content (AvgIpc) is 2.39. The highest BCUT2D eigenvalue weighted by atomic mass is 19.1. The minimum absolute atomic E-state index is 0.188. The van der Waals surface area contributed by atoms with Gasteiger partial charge in [0.2, 0.25) is 0 Å². The first-order valence-corrected chi connectivity index (χ1v) is 6.65. The van der Waals surface area contributed by atoms with Gasteiger partial charge in [-0.3, -0.25) is 0 Å². The van der Waals surface area contributed by atoms with E-state index in [2.05, 4.69) is 0 Å². The van der Waals surface area contributed by atoms with Crippen LogP contribution in [0, 0.1) is 17.7 Å². The molecule has 2 rings (SSSR count). The summed E-state index contributed by atoms with van der Waals surface area (Å²) in [4.78, 5) is 0. The van der Waals surface area contributed by atoms with Gasteiger partial charge in [-0.15, -0.1) is 0 Å². The topological polar surface area (TPSA) is 20.2 Å². The molecule has 1 atom stereocenters. The molecular formula is C15H21FO. The SMILES string of the molecule is OCC(Cc1ccc(F)cc1)C1CCCCC1. The normalized spacial score (nSPS) is 19.2. The van der Waals surface area contributed by atoms with Gasteiger partial charge in [-0.2, -0.15) is 0 Å². The number of hydrogen-bond acceptors (Lipinski definition) is 1. The number of halogens is 1. The van der Waals surface area contributed by atoms with Crippen LogP contribution in [0.2, 0.25) is 0 Å². The van der Waals surface area contributed by atoms with Gasteiger partial charge in [0.05, 0.1) is 0 Å². The molecule has 0 heterocycles. The van der Waals surface area contributed by atoms with Crippen LogP contribution in [0.3, 0.4) is 0 Å². The predicted octanol–water partition coefficient (Wildman–Crippen LogP) is 3.56. The third-order valence-corrected chi connectivity index (χ3v) is 3.96. The maximum absolute atomic E-state index is 12.8. The van der Waals surface area contributed by atoms with Crippen LogP contribution in [0.15, 0.2) is 24.3 Å². The van der Waals surface area contributed by atoms with Crippen molar-refractivity contribution in [3.63, 3.8) is 0 Å². The molecule has 0 aliphatic heterocycles. The van der Waals surface area contributed by atoms with Gasteiger partial charge in [0.25, 0.3) is 0 Å². The molecule has 1 N–H and O–H groups in total. The van der Waals surface area contributed by atoms with Crippen molar-refractivity contribution in [2.75, 3.05) is 6.61 Å². The minimum Gasteiger partial charge on any atom is -0.396 e. The Morgan fingerprint density at radius 3 is 2.35 bits per heavy atom. The van der Waals surface area contributed by atoms with Crippen LogP contribution in [-0.2, 0) is 6.42 Å². The highest BCUT2D eigenvalue weighted by molar-refractivity contribution is 5.16. The van der Waals surface area contributed by atoms with E-state index in [1.165, 1.54) is 44.2 Å². The van der Waals surface area contributed by atoms with Gasteiger partial charge < -0.3 is 5.11 Å². The van der Waals surface area contributed by atoms with Crippen LogP contribution >= 0.6 is 0 Å². The summed E-state index contributed by atoms with van der Waals surface area (Å²) < 4.78 is 12.8. The molecule has 17 heavy (non-hydrogen) atoms. The van der Waals surface area contributed by atoms with Gasteiger partial charge >= 0.3 is 0 Å². The van der Waals surface area contributed by atoms with E-state index in [1.54, 1.807) is 0 Å². The standard InChI is InChI=1S/C15H21FO/c16-15-8-6-12(7-9-15)10-14(11-17)13-4-2-1-3-5-13/h6-9,13-14,17H,1-5,10-11H2. The van der Waals surface area contributed by atoms with E-state index in [-0.39, 0.29) is 12.4 Å².